The minimum Gasteiger partial charge on any atom is -0.369 e. The summed E-state index contributed by atoms with van der Waals surface area (Å²) in [4.78, 5) is 31.9. The van der Waals surface area contributed by atoms with Crippen LogP contribution in [0, 0.1) is 11.7 Å². The van der Waals surface area contributed by atoms with E-state index >= 15 is 0 Å². The number of aliphatic hydroxyl groups is 1. The third kappa shape index (κ3) is 3.50. The first-order valence-corrected chi connectivity index (χ1v) is 8.01. The molecule has 0 radical (unpaired) electrons. The van der Waals surface area contributed by atoms with Gasteiger partial charge in [0.15, 0.2) is 5.84 Å². The summed E-state index contributed by atoms with van der Waals surface area (Å²) in [5.41, 5.74) is -4.42. The van der Waals surface area contributed by atoms with Gasteiger partial charge in [-0.3, -0.25) is 9.59 Å². The molecule has 1 heterocycles. The van der Waals surface area contributed by atoms with E-state index in [2.05, 4.69) is 9.98 Å². The number of fused-ring (bicyclic) bond motifs is 1. The summed E-state index contributed by atoms with van der Waals surface area (Å²) in [6.45, 7) is -0.613. The molecule has 0 saturated carbocycles. The number of rotatable bonds is 4. The second-order valence-corrected chi connectivity index (χ2v) is 6.02. The molecule has 28 heavy (non-hydrogen) atoms. The number of aliphatic imine (C=N–C) groups is 2. The number of alkyl halides is 3. The third-order valence-corrected chi connectivity index (χ3v) is 4.17. The molecular weight excluding hydrogens is 382 g/mol. The van der Waals surface area contributed by atoms with Gasteiger partial charge < -0.3 is 10.4 Å². The highest BCUT2D eigenvalue weighted by Crippen LogP contribution is 2.39. The molecule has 2 N–H and O–H groups in total. The predicted octanol–water partition coefficient (Wildman–Crippen LogP) is 1.81. The van der Waals surface area contributed by atoms with E-state index < -0.39 is 47.4 Å². The summed E-state index contributed by atoms with van der Waals surface area (Å²) in [7, 11) is 0. The van der Waals surface area contributed by atoms with Crippen molar-refractivity contribution >= 4 is 23.4 Å². The zero-order valence-electron chi connectivity index (χ0n) is 14.1. The van der Waals surface area contributed by atoms with Crippen LogP contribution in [0.25, 0.3) is 0 Å². The van der Waals surface area contributed by atoms with Crippen molar-refractivity contribution in [3.05, 3.63) is 60.0 Å². The van der Waals surface area contributed by atoms with E-state index in [4.69, 9.17) is 0 Å². The molecule has 0 fully saturated rings. The van der Waals surface area contributed by atoms with Gasteiger partial charge in [0.25, 0.3) is 17.4 Å². The fourth-order valence-corrected chi connectivity index (χ4v) is 2.70. The zero-order chi connectivity index (χ0) is 20.5. The van der Waals surface area contributed by atoms with Gasteiger partial charge in [-0.15, -0.1) is 0 Å². The lowest BCUT2D eigenvalue weighted by Crippen LogP contribution is -2.55. The van der Waals surface area contributed by atoms with E-state index in [1.807, 2.05) is 5.32 Å². The summed E-state index contributed by atoms with van der Waals surface area (Å²) < 4.78 is 53.4. The van der Waals surface area contributed by atoms with Gasteiger partial charge in [0.2, 0.25) is 0 Å². The highest BCUT2D eigenvalue weighted by molar-refractivity contribution is 6.21. The number of nitrogens with one attached hydrogen (secondary N) is 1. The number of benzene rings is 1. The molecule has 1 aliphatic carbocycles. The number of amidine groups is 1. The van der Waals surface area contributed by atoms with Crippen molar-refractivity contribution < 1.29 is 32.3 Å². The molecule has 1 aromatic rings. The first-order valence-electron chi connectivity index (χ1n) is 8.01. The van der Waals surface area contributed by atoms with Gasteiger partial charge in [0.05, 0.1) is 12.3 Å². The van der Waals surface area contributed by atoms with Crippen LogP contribution in [0.2, 0.25) is 0 Å². The lowest BCUT2D eigenvalue weighted by Gasteiger charge is -2.29. The van der Waals surface area contributed by atoms with E-state index in [1.54, 1.807) is 24.3 Å². The second-order valence-electron chi connectivity index (χ2n) is 6.02. The van der Waals surface area contributed by atoms with Crippen LogP contribution in [0.4, 0.5) is 17.6 Å². The number of halogens is 4. The third-order valence-electron chi connectivity index (χ3n) is 4.17. The van der Waals surface area contributed by atoms with Gasteiger partial charge in [-0.25, -0.2) is 9.38 Å². The Hall–Kier alpha value is -3.14. The molecular formula is C18H13F4N3O3. The molecule has 146 valence electrons. The van der Waals surface area contributed by atoms with E-state index in [-0.39, 0.29) is 5.84 Å². The second kappa shape index (κ2) is 7.12. The number of hydrogen-bond donors (Lipinski definition) is 2. The smallest absolute Gasteiger partial charge is 0.369 e. The minimum atomic E-state index is -5.38. The van der Waals surface area contributed by atoms with Crippen LogP contribution in [0.15, 0.2) is 58.6 Å². The molecule has 6 nitrogen and oxygen atoms in total. The largest absolute Gasteiger partial charge is 0.430 e. The maximum absolute atomic E-state index is 13.5. The summed E-state index contributed by atoms with van der Waals surface area (Å²) in [6, 6.07) is 2.71. The van der Waals surface area contributed by atoms with Crippen LogP contribution in [0.5, 0.6) is 0 Å². The van der Waals surface area contributed by atoms with E-state index in [1.165, 1.54) is 0 Å². The molecule has 10 heteroatoms. The summed E-state index contributed by atoms with van der Waals surface area (Å²) in [5, 5.41) is 12.0. The van der Waals surface area contributed by atoms with Gasteiger partial charge in [-0.2, -0.15) is 18.2 Å². The number of amides is 2. The van der Waals surface area contributed by atoms with Crippen molar-refractivity contribution in [3.8, 4) is 0 Å². The number of allylic oxidation sites excluding steroid dienone is 3. The Balaban J connectivity index is 1.81. The molecule has 1 aromatic carbocycles. The van der Waals surface area contributed by atoms with Crippen molar-refractivity contribution in [2.75, 3.05) is 6.54 Å². The first-order chi connectivity index (χ1) is 13.1. The normalized spacial score (nSPS) is 20.8. The molecule has 0 saturated heterocycles. The van der Waals surface area contributed by atoms with Gasteiger partial charge in [-0.1, -0.05) is 30.4 Å². The van der Waals surface area contributed by atoms with Crippen LogP contribution in [-0.4, -0.2) is 41.2 Å². The Bertz CT molecular complexity index is 932. The van der Waals surface area contributed by atoms with Crippen LogP contribution in [0.1, 0.15) is 5.56 Å². The lowest BCUT2D eigenvalue weighted by atomic mass is 9.92. The molecule has 1 aliphatic heterocycles. The number of carbonyl (C=O) groups is 2. The quantitative estimate of drug-likeness (QED) is 0.762. The molecule has 0 spiro atoms. The number of hydrogen-bond acceptors (Lipinski definition) is 4. The Morgan fingerprint density at radius 1 is 1.14 bits per heavy atom. The van der Waals surface area contributed by atoms with E-state index in [9.17, 15) is 32.3 Å². The average Bonchev–Trinajstić information content (AvgIpc) is 2.65. The standard InChI is InChI=1S/C18H13F4N3O3/c19-11-7-5-10(6-8-11)17(28,18(20,21)22)16(27)23-9-14-24-13-4-2-1-3-12(13)15(26)25-14/h1-8,12,28H,9H2,(H,23,27). The van der Waals surface area contributed by atoms with E-state index in [0.29, 0.717) is 30.0 Å². The van der Waals surface area contributed by atoms with Gasteiger partial charge >= 0.3 is 6.18 Å². The Labute approximate surface area is 156 Å². The molecule has 2 aliphatic rings. The summed E-state index contributed by atoms with van der Waals surface area (Å²) in [5.74, 6) is -4.07. The van der Waals surface area contributed by atoms with Gasteiger partial charge in [-0.05, 0) is 18.2 Å². The number of carbonyl (C=O) groups excluding carboxylic acids is 2. The minimum absolute atomic E-state index is 0.201. The molecule has 3 rings (SSSR count). The monoisotopic (exact) mass is 395 g/mol. The zero-order valence-corrected chi connectivity index (χ0v) is 14.1. The van der Waals surface area contributed by atoms with Crippen LogP contribution >= 0.6 is 0 Å². The average molecular weight is 395 g/mol. The highest BCUT2D eigenvalue weighted by atomic mass is 19.4. The maximum atomic E-state index is 13.5. The van der Waals surface area contributed by atoms with Crippen molar-refractivity contribution in [1.82, 2.24) is 5.32 Å². The Morgan fingerprint density at radius 2 is 1.82 bits per heavy atom. The van der Waals surface area contributed by atoms with Crippen molar-refractivity contribution in [2.45, 2.75) is 11.8 Å². The SMILES string of the molecule is O=C1N=C(CNC(=O)C(O)(c2ccc(F)cc2)C(F)(F)F)N=C2C=CC=CC12. The van der Waals surface area contributed by atoms with Crippen LogP contribution in [0.3, 0.4) is 0 Å². The molecule has 0 aromatic heterocycles. The van der Waals surface area contributed by atoms with Crippen molar-refractivity contribution in [3.63, 3.8) is 0 Å². The Kier molecular flexibility index (Phi) is 4.99. The van der Waals surface area contributed by atoms with Crippen molar-refractivity contribution in [2.24, 2.45) is 15.9 Å². The molecule has 0 bridgehead atoms. The van der Waals surface area contributed by atoms with E-state index in [0.717, 1.165) is 0 Å². The lowest BCUT2D eigenvalue weighted by molar-refractivity contribution is -0.256. The predicted molar refractivity (Wildman–Crippen MR) is 91.0 cm³/mol. The first kappa shape index (κ1) is 19.6. The van der Waals surface area contributed by atoms with Crippen LogP contribution in [-0.2, 0) is 15.2 Å². The molecule has 2 amide bonds. The Morgan fingerprint density at radius 3 is 2.46 bits per heavy atom. The topological polar surface area (TPSA) is 91.1 Å². The van der Waals surface area contributed by atoms with Gasteiger partial charge in [0, 0.05) is 5.56 Å². The highest BCUT2D eigenvalue weighted by Gasteiger charge is 2.60. The maximum Gasteiger partial charge on any atom is 0.430 e. The molecule has 2 atom stereocenters. The van der Waals surface area contributed by atoms with Crippen LogP contribution < -0.4 is 5.32 Å². The fourth-order valence-electron chi connectivity index (χ4n) is 2.70. The number of nitrogens with zero attached hydrogens (tertiary/aromatic N) is 2. The summed E-state index contributed by atoms with van der Waals surface area (Å²) >= 11 is 0. The summed E-state index contributed by atoms with van der Waals surface area (Å²) in [6.07, 6.45) is 0.991. The molecule has 2 unspecified atom stereocenters. The van der Waals surface area contributed by atoms with Gasteiger partial charge in [0.1, 0.15) is 11.7 Å². The fraction of sp³-hybridized carbons (Fsp3) is 0.222. The van der Waals surface area contributed by atoms with Crippen molar-refractivity contribution in [1.29, 1.82) is 0 Å².